The number of ether oxygens (including phenoxy) is 2. The second-order valence-electron chi connectivity index (χ2n) is 8.29. The SMILES string of the molecule is COC(=O)C1=C(C)NC(C)=C(C(=O)OC(C)CCCCC(C)O)C1c1ccccc1[N+](=O)[O-]. The number of nitro benzene ring substituents is 1. The summed E-state index contributed by atoms with van der Waals surface area (Å²) in [6.07, 6.45) is 2.06. The average Bonchev–Trinajstić information content (AvgIpc) is 2.75. The molecule has 0 saturated carbocycles. The summed E-state index contributed by atoms with van der Waals surface area (Å²) in [7, 11) is 1.22. The molecule has 9 heteroatoms. The van der Waals surface area contributed by atoms with Crippen LogP contribution in [0.5, 0.6) is 0 Å². The lowest BCUT2D eigenvalue weighted by Gasteiger charge is -2.30. The van der Waals surface area contributed by atoms with Crippen LogP contribution in [0.4, 0.5) is 5.69 Å². The van der Waals surface area contributed by atoms with Crippen molar-refractivity contribution in [2.75, 3.05) is 7.11 Å². The summed E-state index contributed by atoms with van der Waals surface area (Å²) in [4.78, 5) is 37.2. The zero-order chi connectivity index (χ0) is 24.7. The van der Waals surface area contributed by atoms with E-state index in [1.807, 2.05) is 0 Å². The lowest BCUT2D eigenvalue weighted by molar-refractivity contribution is -0.385. The van der Waals surface area contributed by atoms with E-state index in [-0.39, 0.29) is 28.5 Å². The Morgan fingerprint density at radius 1 is 1.09 bits per heavy atom. The van der Waals surface area contributed by atoms with Crippen molar-refractivity contribution in [1.29, 1.82) is 0 Å². The first-order valence-electron chi connectivity index (χ1n) is 11.0. The molecule has 9 nitrogen and oxygen atoms in total. The molecule has 1 aromatic rings. The first-order chi connectivity index (χ1) is 15.6. The number of hydrogen-bond donors (Lipinski definition) is 2. The molecule has 33 heavy (non-hydrogen) atoms. The number of esters is 2. The number of carbonyl (C=O) groups is 2. The number of dihydropyridines is 1. The summed E-state index contributed by atoms with van der Waals surface area (Å²) in [6, 6.07) is 6.02. The predicted molar refractivity (Wildman–Crippen MR) is 122 cm³/mol. The molecule has 0 radical (unpaired) electrons. The van der Waals surface area contributed by atoms with Gasteiger partial charge in [0.2, 0.25) is 0 Å². The van der Waals surface area contributed by atoms with Gasteiger partial charge < -0.3 is 19.9 Å². The smallest absolute Gasteiger partial charge is 0.337 e. The van der Waals surface area contributed by atoms with Crippen molar-refractivity contribution in [2.24, 2.45) is 0 Å². The van der Waals surface area contributed by atoms with Gasteiger partial charge in [-0.25, -0.2) is 9.59 Å². The molecule has 180 valence electrons. The maximum Gasteiger partial charge on any atom is 0.337 e. The number of nitrogens with zero attached hydrogens (tertiary/aromatic N) is 1. The first-order valence-corrected chi connectivity index (χ1v) is 11.0. The van der Waals surface area contributed by atoms with Crippen molar-refractivity contribution < 1.29 is 29.1 Å². The molecule has 0 fully saturated rings. The molecule has 3 unspecified atom stereocenters. The van der Waals surface area contributed by atoms with Gasteiger partial charge in [0.05, 0.1) is 41.3 Å². The summed E-state index contributed by atoms with van der Waals surface area (Å²) < 4.78 is 10.6. The van der Waals surface area contributed by atoms with E-state index in [9.17, 15) is 24.8 Å². The van der Waals surface area contributed by atoms with Crippen molar-refractivity contribution in [2.45, 2.75) is 71.5 Å². The van der Waals surface area contributed by atoms with Gasteiger partial charge in [-0.1, -0.05) is 24.6 Å². The lowest BCUT2D eigenvalue weighted by atomic mass is 9.79. The van der Waals surface area contributed by atoms with E-state index in [0.717, 1.165) is 12.8 Å². The topological polar surface area (TPSA) is 128 Å². The Balaban J connectivity index is 2.42. The molecule has 0 saturated heterocycles. The fraction of sp³-hybridized carbons (Fsp3) is 0.500. The van der Waals surface area contributed by atoms with Crippen molar-refractivity contribution in [3.05, 3.63) is 62.5 Å². The molecule has 2 N–H and O–H groups in total. The second kappa shape index (κ2) is 11.6. The highest BCUT2D eigenvalue weighted by atomic mass is 16.6. The van der Waals surface area contributed by atoms with Crippen molar-refractivity contribution in [3.8, 4) is 0 Å². The van der Waals surface area contributed by atoms with Gasteiger partial charge in [-0.3, -0.25) is 10.1 Å². The molecule has 1 aliphatic rings. The Bertz CT molecular complexity index is 965. The highest BCUT2D eigenvalue weighted by Crippen LogP contribution is 2.42. The summed E-state index contributed by atoms with van der Waals surface area (Å²) in [6.45, 7) is 6.83. The number of hydrogen-bond acceptors (Lipinski definition) is 8. The van der Waals surface area contributed by atoms with E-state index in [4.69, 9.17) is 9.47 Å². The molecule has 1 aliphatic heterocycles. The van der Waals surface area contributed by atoms with Gasteiger partial charge in [-0.15, -0.1) is 0 Å². The summed E-state index contributed by atoms with van der Waals surface area (Å²) >= 11 is 0. The molecule has 1 heterocycles. The lowest BCUT2D eigenvalue weighted by Crippen LogP contribution is -2.33. The zero-order valence-electron chi connectivity index (χ0n) is 19.7. The maximum absolute atomic E-state index is 13.3. The second-order valence-corrected chi connectivity index (χ2v) is 8.29. The van der Waals surface area contributed by atoms with Crippen molar-refractivity contribution in [3.63, 3.8) is 0 Å². The molecule has 3 atom stereocenters. The van der Waals surface area contributed by atoms with Gasteiger partial charge in [-0.2, -0.15) is 0 Å². The number of nitro groups is 1. The van der Waals surface area contributed by atoms with Gasteiger partial charge in [0.25, 0.3) is 5.69 Å². The van der Waals surface area contributed by atoms with Crippen LogP contribution in [0.25, 0.3) is 0 Å². The monoisotopic (exact) mass is 460 g/mol. The van der Waals surface area contributed by atoms with E-state index in [1.54, 1.807) is 33.8 Å². The number of methoxy groups -OCH3 is 1. The van der Waals surface area contributed by atoms with Crippen LogP contribution in [0.15, 0.2) is 46.8 Å². The molecular formula is C24H32N2O7. The average molecular weight is 461 g/mol. The van der Waals surface area contributed by atoms with E-state index < -0.39 is 28.9 Å². The van der Waals surface area contributed by atoms with E-state index in [1.165, 1.54) is 25.3 Å². The molecule has 0 aliphatic carbocycles. The Kier molecular flexibility index (Phi) is 9.16. The predicted octanol–water partition coefficient (Wildman–Crippen LogP) is 3.88. The molecule has 0 amide bonds. The highest BCUT2D eigenvalue weighted by molar-refractivity contribution is 6.00. The van der Waals surface area contributed by atoms with Crippen LogP contribution in [0.2, 0.25) is 0 Å². The number of rotatable bonds is 10. The van der Waals surface area contributed by atoms with Gasteiger partial charge >= 0.3 is 11.9 Å². The van der Waals surface area contributed by atoms with Crippen molar-refractivity contribution in [1.82, 2.24) is 5.32 Å². The summed E-state index contributed by atoms with van der Waals surface area (Å²) in [5, 5.41) is 24.1. The third-order valence-electron chi connectivity index (χ3n) is 5.62. The number of aliphatic hydroxyl groups is 1. The maximum atomic E-state index is 13.3. The molecule has 0 spiro atoms. The van der Waals surface area contributed by atoms with E-state index in [0.29, 0.717) is 24.2 Å². The van der Waals surface area contributed by atoms with Crippen LogP contribution in [0.3, 0.4) is 0 Å². The minimum atomic E-state index is -1.02. The zero-order valence-corrected chi connectivity index (χ0v) is 19.7. The van der Waals surface area contributed by atoms with Gasteiger partial charge in [0.1, 0.15) is 0 Å². The minimum absolute atomic E-state index is 0.119. The van der Waals surface area contributed by atoms with Crippen LogP contribution in [0, 0.1) is 10.1 Å². The van der Waals surface area contributed by atoms with Crippen LogP contribution in [0.1, 0.15) is 64.9 Å². The molecular weight excluding hydrogens is 428 g/mol. The standard InChI is InChI=1S/C24H32N2O7/c1-14(27)10-6-7-11-15(2)33-24(29)21-17(4)25-16(3)20(23(28)32-5)22(21)18-12-8-9-13-19(18)26(30)31/h8-9,12-15,22,25,27H,6-7,10-11H2,1-5H3. The number of allylic oxidation sites excluding steroid dienone is 2. The number of aliphatic hydroxyl groups excluding tert-OH is 1. The number of para-hydroxylation sites is 1. The van der Waals surface area contributed by atoms with Crippen LogP contribution >= 0.6 is 0 Å². The third kappa shape index (κ3) is 6.41. The number of carbonyl (C=O) groups excluding carboxylic acids is 2. The van der Waals surface area contributed by atoms with Gasteiger partial charge in [0.15, 0.2) is 0 Å². The van der Waals surface area contributed by atoms with Gasteiger partial charge in [0, 0.05) is 23.0 Å². The Morgan fingerprint density at radius 2 is 1.67 bits per heavy atom. The van der Waals surface area contributed by atoms with E-state index in [2.05, 4.69) is 5.32 Å². The van der Waals surface area contributed by atoms with E-state index >= 15 is 0 Å². The fourth-order valence-corrected chi connectivity index (χ4v) is 4.03. The van der Waals surface area contributed by atoms with Gasteiger partial charge in [-0.05, 0) is 47.0 Å². The minimum Gasteiger partial charge on any atom is -0.466 e. The quantitative estimate of drug-likeness (QED) is 0.233. The molecule has 0 bridgehead atoms. The normalized spacial score (nSPS) is 17.8. The largest absolute Gasteiger partial charge is 0.466 e. The van der Waals surface area contributed by atoms with Crippen LogP contribution in [-0.2, 0) is 19.1 Å². The number of unbranched alkanes of at least 4 members (excludes halogenated alkanes) is 1. The number of nitrogens with one attached hydrogen (secondary N) is 1. The third-order valence-corrected chi connectivity index (χ3v) is 5.62. The Labute approximate surface area is 193 Å². The Hall–Kier alpha value is -3.20. The Morgan fingerprint density at radius 3 is 2.24 bits per heavy atom. The number of benzene rings is 1. The summed E-state index contributed by atoms with van der Waals surface area (Å²) in [5.41, 5.74) is 1.16. The molecule has 0 aromatic heterocycles. The van der Waals surface area contributed by atoms with Crippen LogP contribution in [-0.4, -0.2) is 41.3 Å². The van der Waals surface area contributed by atoms with Crippen molar-refractivity contribution >= 4 is 17.6 Å². The molecule has 1 aromatic carbocycles. The first kappa shape index (κ1) is 26.1. The molecule has 2 rings (SSSR count). The summed E-state index contributed by atoms with van der Waals surface area (Å²) in [5.74, 6) is -2.36. The fourth-order valence-electron chi connectivity index (χ4n) is 4.03. The highest BCUT2D eigenvalue weighted by Gasteiger charge is 2.41. The van der Waals surface area contributed by atoms with Crippen LogP contribution < -0.4 is 5.32 Å².